The lowest BCUT2D eigenvalue weighted by Crippen LogP contribution is -2.13. The predicted octanol–water partition coefficient (Wildman–Crippen LogP) is 9.80. The summed E-state index contributed by atoms with van der Waals surface area (Å²) in [6.07, 6.45) is 8.81. The minimum atomic E-state index is -2.95. The van der Waals surface area contributed by atoms with Gasteiger partial charge in [0.05, 0.1) is 0 Å². The van der Waals surface area contributed by atoms with Gasteiger partial charge in [0.2, 0.25) is 5.82 Å². The molecule has 0 spiro atoms. The molecule has 4 rings (SSSR count). The molecule has 0 N–H and O–H groups in total. The summed E-state index contributed by atoms with van der Waals surface area (Å²) in [4.78, 5) is 0. The van der Waals surface area contributed by atoms with E-state index in [1.165, 1.54) is 80.8 Å². The highest BCUT2D eigenvalue weighted by Crippen LogP contribution is 2.40. The average molecular weight is 501 g/mol. The lowest BCUT2D eigenvalue weighted by atomic mass is 9.77. The maximum atomic E-state index is 14.7. The Labute approximate surface area is 210 Å². The molecule has 192 valence electrons. The molecule has 0 heterocycles. The molecular weight excluding hydrogens is 468 g/mol. The molecule has 1 saturated carbocycles. The summed E-state index contributed by atoms with van der Waals surface area (Å²) in [5.74, 6) is -0.833. The van der Waals surface area contributed by atoms with Crippen molar-refractivity contribution in [1.29, 1.82) is 0 Å². The molecule has 36 heavy (non-hydrogen) atoms. The van der Waals surface area contributed by atoms with Gasteiger partial charge in [-0.25, -0.2) is 4.39 Å². The summed E-state index contributed by atoms with van der Waals surface area (Å²) in [7, 11) is 0. The van der Waals surface area contributed by atoms with E-state index in [0.29, 0.717) is 17.0 Å². The third-order valence-electron chi connectivity index (χ3n) is 7.20. The van der Waals surface area contributed by atoms with Crippen molar-refractivity contribution in [3.63, 3.8) is 0 Å². The van der Waals surface area contributed by atoms with Crippen molar-refractivity contribution >= 4 is 0 Å². The van der Waals surface area contributed by atoms with Gasteiger partial charge < -0.3 is 9.47 Å². The third-order valence-corrected chi connectivity index (χ3v) is 7.20. The first-order chi connectivity index (χ1) is 17.4. The molecule has 3 aromatic carbocycles. The first kappa shape index (κ1) is 26.1. The van der Waals surface area contributed by atoms with Gasteiger partial charge in [-0.15, -0.1) is 0 Å². The highest BCUT2D eigenvalue weighted by atomic mass is 19.3. The van der Waals surface area contributed by atoms with Crippen LogP contribution < -0.4 is 9.47 Å². The van der Waals surface area contributed by atoms with Gasteiger partial charge >= 0.3 is 6.61 Å². The predicted molar refractivity (Wildman–Crippen MR) is 134 cm³/mol. The molecule has 0 aromatic heterocycles. The van der Waals surface area contributed by atoms with Crippen molar-refractivity contribution in [2.75, 3.05) is 0 Å². The van der Waals surface area contributed by atoms with Crippen molar-refractivity contribution in [1.82, 2.24) is 0 Å². The summed E-state index contributed by atoms with van der Waals surface area (Å²) in [6.45, 7) is 0.963. The van der Waals surface area contributed by atoms with Crippen LogP contribution in [0.1, 0.15) is 68.9 Å². The number of hydrogen-bond donors (Lipinski definition) is 0. The Morgan fingerprint density at radius 2 is 1.53 bits per heavy atom. The van der Waals surface area contributed by atoms with E-state index < -0.39 is 18.2 Å². The van der Waals surface area contributed by atoms with E-state index in [2.05, 4.69) is 23.8 Å². The number of benzene rings is 3. The van der Waals surface area contributed by atoms with Crippen LogP contribution in [0.4, 0.5) is 17.6 Å². The van der Waals surface area contributed by atoms with Crippen LogP contribution in [0.5, 0.6) is 17.2 Å². The second-order valence-corrected chi connectivity index (χ2v) is 9.61. The summed E-state index contributed by atoms with van der Waals surface area (Å²) < 4.78 is 63.9. The van der Waals surface area contributed by atoms with Crippen molar-refractivity contribution in [3.05, 3.63) is 77.4 Å². The number of rotatable bonds is 9. The first-order valence-corrected chi connectivity index (χ1v) is 12.7. The standard InChI is InChI=1S/C30H32F4O2/c1-3-4-5-20-6-8-21(9-7-20)22-10-12-23(13-11-22)26-18-27(31)28(32)29(19(26)2)35-24-14-16-25(17-15-24)36-30(33)34/h10-18,20-21,30H,3-9H2,1-2H3/t20-,21-. The number of ether oxygens (including phenoxy) is 2. The molecular formula is C30H32F4O2. The molecule has 3 aromatic rings. The van der Waals surface area contributed by atoms with E-state index in [4.69, 9.17) is 4.74 Å². The molecule has 0 aliphatic heterocycles. The Balaban J connectivity index is 1.51. The summed E-state index contributed by atoms with van der Waals surface area (Å²) in [5.41, 5.74) is 3.05. The van der Waals surface area contributed by atoms with Gasteiger partial charge in [-0.3, -0.25) is 0 Å². The van der Waals surface area contributed by atoms with Crippen LogP contribution in [0.3, 0.4) is 0 Å². The lowest BCUT2D eigenvalue weighted by molar-refractivity contribution is -0.0498. The highest BCUT2D eigenvalue weighted by Gasteiger charge is 2.23. The maximum Gasteiger partial charge on any atom is 0.387 e. The van der Waals surface area contributed by atoms with Crippen LogP contribution in [0, 0.1) is 24.5 Å². The lowest BCUT2D eigenvalue weighted by Gasteiger charge is -2.29. The van der Waals surface area contributed by atoms with Crippen molar-refractivity contribution in [2.45, 2.75) is 71.3 Å². The molecule has 0 bridgehead atoms. The molecule has 0 amide bonds. The molecule has 0 radical (unpaired) electrons. The average Bonchev–Trinajstić information content (AvgIpc) is 2.88. The molecule has 2 nitrogen and oxygen atoms in total. The van der Waals surface area contributed by atoms with Gasteiger partial charge in [-0.2, -0.15) is 13.2 Å². The monoisotopic (exact) mass is 500 g/mol. The van der Waals surface area contributed by atoms with E-state index in [1.54, 1.807) is 6.92 Å². The highest BCUT2D eigenvalue weighted by molar-refractivity contribution is 5.70. The van der Waals surface area contributed by atoms with Gasteiger partial charge in [-0.1, -0.05) is 50.5 Å². The Morgan fingerprint density at radius 1 is 0.889 bits per heavy atom. The second-order valence-electron chi connectivity index (χ2n) is 9.61. The second kappa shape index (κ2) is 11.8. The summed E-state index contributed by atoms with van der Waals surface area (Å²) in [5, 5.41) is 0. The van der Waals surface area contributed by atoms with Crippen LogP contribution in [0.2, 0.25) is 0 Å². The molecule has 1 aliphatic rings. The number of hydrogen-bond acceptors (Lipinski definition) is 2. The van der Waals surface area contributed by atoms with E-state index >= 15 is 0 Å². The Hall–Kier alpha value is -3.02. The molecule has 1 fully saturated rings. The SMILES string of the molecule is CCCC[C@H]1CC[C@H](c2ccc(-c3cc(F)c(F)c(Oc4ccc(OC(F)F)cc4)c3C)cc2)CC1. The van der Waals surface area contributed by atoms with E-state index in [1.807, 2.05) is 12.1 Å². The quantitative estimate of drug-likeness (QED) is 0.272. The molecule has 0 unspecified atom stereocenters. The fourth-order valence-corrected chi connectivity index (χ4v) is 5.13. The Kier molecular flexibility index (Phi) is 8.55. The van der Waals surface area contributed by atoms with Gasteiger partial charge in [-0.05, 0) is 91.5 Å². The fraction of sp³-hybridized carbons (Fsp3) is 0.400. The van der Waals surface area contributed by atoms with Gasteiger partial charge in [0.15, 0.2) is 11.6 Å². The first-order valence-electron chi connectivity index (χ1n) is 12.7. The van der Waals surface area contributed by atoms with Crippen LogP contribution in [-0.4, -0.2) is 6.61 Å². The van der Waals surface area contributed by atoms with Gasteiger partial charge in [0.1, 0.15) is 11.5 Å². The summed E-state index contributed by atoms with van der Waals surface area (Å²) in [6, 6.07) is 14.6. The number of alkyl halides is 2. The Morgan fingerprint density at radius 3 is 2.14 bits per heavy atom. The third kappa shape index (κ3) is 6.21. The van der Waals surface area contributed by atoms with Crippen LogP contribution in [0.25, 0.3) is 11.1 Å². The minimum Gasteiger partial charge on any atom is -0.454 e. The number of halogens is 4. The fourth-order valence-electron chi connectivity index (χ4n) is 5.13. The zero-order valence-corrected chi connectivity index (χ0v) is 20.7. The van der Waals surface area contributed by atoms with Crippen molar-refractivity contribution in [3.8, 4) is 28.4 Å². The molecule has 6 heteroatoms. The van der Waals surface area contributed by atoms with Gasteiger partial charge in [0, 0.05) is 5.56 Å². The minimum absolute atomic E-state index is 0.0518. The normalized spacial score (nSPS) is 17.9. The molecule has 0 saturated heterocycles. The smallest absolute Gasteiger partial charge is 0.387 e. The van der Waals surface area contributed by atoms with Crippen LogP contribution in [-0.2, 0) is 0 Å². The molecule has 0 atom stereocenters. The number of unbranched alkanes of at least 4 members (excludes halogenated alkanes) is 1. The Bertz CT molecular complexity index is 1140. The molecule has 1 aliphatic carbocycles. The zero-order valence-electron chi connectivity index (χ0n) is 20.7. The van der Waals surface area contributed by atoms with Crippen LogP contribution in [0.15, 0.2) is 54.6 Å². The topological polar surface area (TPSA) is 18.5 Å². The van der Waals surface area contributed by atoms with E-state index in [0.717, 1.165) is 11.5 Å². The van der Waals surface area contributed by atoms with Crippen molar-refractivity contribution < 1.29 is 27.0 Å². The van der Waals surface area contributed by atoms with Crippen molar-refractivity contribution in [2.24, 2.45) is 5.92 Å². The maximum absolute atomic E-state index is 14.7. The summed E-state index contributed by atoms with van der Waals surface area (Å²) >= 11 is 0. The zero-order chi connectivity index (χ0) is 25.7. The van der Waals surface area contributed by atoms with E-state index in [9.17, 15) is 17.6 Å². The largest absolute Gasteiger partial charge is 0.454 e. The van der Waals surface area contributed by atoms with E-state index in [-0.39, 0.29) is 17.2 Å². The van der Waals surface area contributed by atoms with Crippen LogP contribution >= 0.6 is 0 Å². The van der Waals surface area contributed by atoms with Gasteiger partial charge in [0.25, 0.3) is 0 Å².